The molecule has 0 aliphatic rings. The van der Waals surface area contributed by atoms with E-state index >= 15 is 0 Å². The summed E-state index contributed by atoms with van der Waals surface area (Å²) in [6.07, 6.45) is 3.63. The summed E-state index contributed by atoms with van der Waals surface area (Å²) in [4.78, 5) is 11.9. The summed E-state index contributed by atoms with van der Waals surface area (Å²) in [7, 11) is 0. The van der Waals surface area contributed by atoms with Crippen molar-refractivity contribution < 1.29 is 13.8 Å². The van der Waals surface area contributed by atoms with Gasteiger partial charge >= 0.3 is 0 Å². The number of carbonyl (C=O) groups excluding carboxylic acids is 1. The van der Waals surface area contributed by atoms with Crippen molar-refractivity contribution in [1.82, 2.24) is 0 Å². The summed E-state index contributed by atoms with van der Waals surface area (Å²) in [6.45, 7) is 2.13. The first-order valence-electron chi connectivity index (χ1n) is 5.40. The van der Waals surface area contributed by atoms with E-state index in [0.29, 0.717) is 0 Å². The Balaban J connectivity index is 2.17. The average Bonchev–Trinajstić information content (AvgIpc) is 2.32. The Morgan fingerprint density at radius 2 is 1.82 bits per heavy atom. The van der Waals surface area contributed by atoms with Gasteiger partial charge in [-0.25, -0.2) is 4.39 Å². The number of pyridine rings is 1. The van der Waals surface area contributed by atoms with E-state index < -0.39 is 5.82 Å². The van der Waals surface area contributed by atoms with Crippen LogP contribution in [0, 0.1) is 12.7 Å². The second kappa shape index (κ2) is 4.87. The number of halogens is 1. The van der Waals surface area contributed by atoms with Crippen molar-refractivity contribution >= 4 is 5.78 Å². The van der Waals surface area contributed by atoms with Gasteiger partial charge < -0.3 is 0 Å². The van der Waals surface area contributed by atoms with Crippen LogP contribution in [0.2, 0.25) is 0 Å². The number of aryl methyl sites for hydroxylation is 1. The van der Waals surface area contributed by atoms with Crippen molar-refractivity contribution in [1.29, 1.82) is 0 Å². The van der Waals surface area contributed by atoms with Gasteiger partial charge in [0.05, 0.1) is 5.56 Å². The maximum Gasteiger partial charge on any atom is 0.230 e. The Hall–Kier alpha value is -2.03. The van der Waals surface area contributed by atoms with Gasteiger partial charge in [-0.1, -0.05) is 12.1 Å². The molecule has 0 unspecified atom stereocenters. The molecule has 0 amide bonds. The molecule has 2 aromatic rings. The van der Waals surface area contributed by atoms with Crippen molar-refractivity contribution in [3.05, 3.63) is 65.7 Å². The molecule has 17 heavy (non-hydrogen) atoms. The molecular weight excluding hydrogens is 217 g/mol. The van der Waals surface area contributed by atoms with E-state index in [0.717, 1.165) is 5.56 Å². The second-order valence-corrected chi connectivity index (χ2v) is 3.95. The van der Waals surface area contributed by atoms with Gasteiger partial charge in [0.15, 0.2) is 12.4 Å². The highest BCUT2D eigenvalue weighted by Gasteiger charge is 2.15. The van der Waals surface area contributed by atoms with Crippen molar-refractivity contribution in [3.8, 4) is 0 Å². The lowest BCUT2D eigenvalue weighted by atomic mass is 10.1. The van der Waals surface area contributed by atoms with E-state index in [1.54, 1.807) is 16.7 Å². The molecule has 3 heteroatoms. The summed E-state index contributed by atoms with van der Waals surface area (Å²) in [5, 5.41) is 0. The fourth-order valence-electron chi connectivity index (χ4n) is 1.58. The van der Waals surface area contributed by atoms with E-state index in [2.05, 4.69) is 0 Å². The van der Waals surface area contributed by atoms with Gasteiger partial charge in [-0.15, -0.1) is 0 Å². The van der Waals surface area contributed by atoms with Crippen molar-refractivity contribution in [2.45, 2.75) is 13.5 Å². The fraction of sp³-hybridized carbons (Fsp3) is 0.143. The van der Waals surface area contributed by atoms with Crippen LogP contribution in [0.3, 0.4) is 0 Å². The third kappa shape index (κ3) is 2.75. The largest absolute Gasteiger partial charge is 0.287 e. The summed E-state index contributed by atoms with van der Waals surface area (Å²) >= 11 is 0. The highest BCUT2D eigenvalue weighted by molar-refractivity contribution is 5.95. The van der Waals surface area contributed by atoms with Crippen molar-refractivity contribution in [2.75, 3.05) is 0 Å². The van der Waals surface area contributed by atoms with Crippen LogP contribution in [0.1, 0.15) is 15.9 Å². The number of nitrogens with zero attached hydrogens (tertiary/aromatic N) is 1. The molecule has 0 atom stereocenters. The van der Waals surface area contributed by atoms with E-state index in [9.17, 15) is 9.18 Å². The van der Waals surface area contributed by atoms with Gasteiger partial charge in [0, 0.05) is 12.1 Å². The van der Waals surface area contributed by atoms with Crippen molar-refractivity contribution in [2.24, 2.45) is 0 Å². The molecule has 0 spiro atoms. The number of benzene rings is 1. The molecule has 0 radical (unpaired) electrons. The topological polar surface area (TPSA) is 20.9 Å². The van der Waals surface area contributed by atoms with Gasteiger partial charge in [-0.05, 0) is 24.6 Å². The molecule has 0 aliphatic carbocycles. The molecule has 2 nitrogen and oxygen atoms in total. The zero-order chi connectivity index (χ0) is 12.3. The minimum absolute atomic E-state index is 0.139. The molecule has 86 valence electrons. The first-order chi connectivity index (χ1) is 8.16. The van der Waals surface area contributed by atoms with Gasteiger partial charge in [-0.2, -0.15) is 4.57 Å². The highest BCUT2D eigenvalue weighted by atomic mass is 19.1. The van der Waals surface area contributed by atoms with Crippen LogP contribution in [0.4, 0.5) is 4.39 Å². The SMILES string of the molecule is Cc1cc[n+](CC(=O)c2ccccc2F)cc1. The van der Waals surface area contributed by atoms with Crippen LogP contribution in [-0.4, -0.2) is 5.78 Å². The number of hydrogen-bond donors (Lipinski definition) is 0. The Morgan fingerprint density at radius 3 is 2.47 bits per heavy atom. The number of carbonyl (C=O) groups is 1. The Labute approximate surface area is 99.3 Å². The standard InChI is InChI=1S/C14H13FNO/c1-11-6-8-16(9-7-11)10-14(17)12-4-2-3-5-13(12)15/h2-9H,10H2,1H3/q+1. The van der Waals surface area contributed by atoms with E-state index in [1.807, 2.05) is 31.5 Å². The number of Topliss-reactive ketones (excluding diaryl/α,β-unsaturated/α-hetero) is 1. The zero-order valence-electron chi connectivity index (χ0n) is 9.56. The maximum absolute atomic E-state index is 13.4. The van der Waals surface area contributed by atoms with Crippen LogP contribution in [-0.2, 0) is 6.54 Å². The van der Waals surface area contributed by atoms with Crippen LogP contribution in [0.15, 0.2) is 48.8 Å². The molecule has 0 aliphatic heterocycles. The smallest absolute Gasteiger partial charge is 0.230 e. The van der Waals surface area contributed by atoms with Crippen molar-refractivity contribution in [3.63, 3.8) is 0 Å². The molecule has 1 aromatic carbocycles. The summed E-state index contributed by atoms with van der Waals surface area (Å²) in [6, 6.07) is 9.87. The highest BCUT2D eigenvalue weighted by Crippen LogP contribution is 2.07. The minimum Gasteiger partial charge on any atom is -0.287 e. The first kappa shape index (κ1) is 11.5. The summed E-state index contributed by atoms with van der Waals surface area (Å²) in [5.74, 6) is -0.692. The molecule has 0 bridgehead atoms. The molecule has 0 N–H and O–H groups in total. The van der Waals surface area contributed by atoms with Gasteiger partial charge in [0.1, 0.15) is 5.82 Å². The monoisotopic (exact) mass is 230 g/mol. The lowest BCUT2D eigenvalue weighted by Gasteiger charge is -1.99. The number of rotatable bonds is 3. The lowest BCUT2D eigenvalue weighted by molar-refractivity contribution is -0.683. The Bertz CT molecular complexity index is 534. The predicted molar refractivity (Wildman–Crippen MR) is 62.1 cm³/mol. The Morgan fingerprint density at radius 1 is 1.18 bits per heavy atom. The van der Waals surface area contributed by atoms with Gasteiger partial charge in [-0.3, -0.25) is 4.79 Å². The fourth-order valence-corrected chi connectivity index (χ4v) is 1.58. The Kier molecular flexibility index (Phi) is 3.28. The summed E-state index contributed by atoms with van der Waals surface area (Å²) in [5.41, 5.74) is 1.26. The number of ketones is 1. The molecule has 2 rings (SSSR count). The quantitative estimate of drug-likeness (QED) is 0.585. The predicted octanol–water partition coefficient (Wildman–Crippen LogP) is 2.30. The second-order valence-electron chi connectivity index (χ2n) is 3.95. The van der Waals surface area contributed by atoms with Crippen LogP contribution in [0.5, 0.6) is 0 Å². The van der Waals surface area contributed by atoms with Crippen LogP contribution in [0.25, 0.3) is 0 Å². The van der Waals surface area contributed by atoms with Gasteiger partial charge in [0.25, 0.3) is 0 Å². The molecular formula is C14H13FNO+. The zero-order valence-corrected chi connectivity index (χ0v) is 9.56. The number of aromatic nitrogens is 1. The summed E-state index contributed by atoms with van der Waals surface area (Å²) < 4.78 is 15.1. The lowest BCUT2D eigenvalue weighted by Crippen LogP contribution is -2.37. The maximum atomic E-state index is 13.4. The third-order valence-corrected chi connectivity index (χ3v) is 2.56. The van der Waals surface area contributed by atoms with E-state index in [-0.39, 0.29) is 17.9 Å². The minimum atomic E-state index is -0.467. The molecule has 0 saturated carbocycles. The first-order valence-corrected chi connectivity index (χ1v) is 5.40. The molecule has 0 fully saturated rings. The van der Waals surface area contributed by atoms with Gasteiger partial charge in [0.2, 0.25) is 12.3 Å². The third-order valence-electron chi connectivity index (χ3n) is 2.56. The van der Waals surface area contributed by atoms with E-state index in [4.69, 9.17) is 0 Å². The molecule has 0 saturated heterocycles. The normalized spacial score (nSPS) is 10.2. The molecule has 1 aromatic heterocycles. The van der Waals surface area contributed by atoms with Crippen LogP contribution < -0.4 is 4.57 Å². The average molecular weight is 230 g/mol. The molecule has 1 heterocycles. The van der Waals surface area contributed by atoms with E-state index in [1.165, 1.54) is 12.1 Å². The number of hydrogen-bond acceptors (Lipinski definition) is 1. The van der Waals surface area contributed by atoms with Crippen LogP contribution >= 0.6 is 0 Å².